The lowest BCUT2D eigenvalue weighted by Gasteiger charge is -2.17. The molecule has 92 valence electrons. The van der Waals surface area contributed by atoms with E-state index in [4.69, 9.17) is 5.73 Å². The molecule has 2 rings (SSSR count). The maximum Gasteiger partial charge on any atom is 0.292 e. The molecule has 0 spiro atoms. The van der Waals surface area contributed by atoms with Crippen LogP contribution in [-0.4, -0.2) is 17.5 Å². The summed E-state index contributed by atoms with van der Waals surface area (Å²) in [4.78, 5) is 10.6. The first-order chi connectivity index (χ1) is 8.11. The summed E-state index contributed by atoms with van der Waals surface area (Å²) >= 11 is 0. The van der Waals surface area contributed by atoms with Crippen LogP contribution < -0.4 is 11.1 Å². The van der Waals surface area contributed by atoms with Gasteiger partial charge in [-0.2, -0.15) is 0 Å². The van der Waals surface area contributed by atoms with E-state index in [1.165, 1.54) is 6.07 Å². The van der Waals surface area contributed by atoms with E-state index in [0.717, 1.165) is 18.4 Å². The van der Waals surface area contributed by atoms with E-state index < -0.39 is 0 Å². The first kappa shape index (κ1) is 11.9. The normalized spacial score (nSPS) is 16.6. The van der Waals surface area contributed by atoms with E-state index in [9.17, 15) is 10.1 Å². The van der Waals surface area contributed by atoms with Crippen LogP contribution in [0, 0.1) is 23.0 Å². The fourth-order valence-corrected chi connectivity index (χ4v) is 1.99. The van der Waals surface area contributed by atoms with Crippen molar-refractivity contribution in [1.82, 2.24) is 0 Å². The summed E-state index contributed by atoms with van der Waals surface area (Å²) in [6, 6.07) is 5.25. The van der Waals surface area contributed by atoms with Crippen LogP contribution in [0.2, 0.25) is 0 Å². The number of benzene rings is 1. The molecule has 0 aliphatic heterocycles. The van der Waals surface area contributed by atoms with Crippen LogP contribution in [0.5, 0.6) is 0 Å². The molecule has 0 bridgehead atoms. The molecule has 1 unspecified atom stereocenters. The molecule has 5 heteroatoms. The zero-order chi connectivity index (χ0) is 12.4. The van der Waals surface area contributed by atoms with Gasteiger partial charge in [0.2, 0.25) is 0 Å². The lowest BCUT2D eigenvalue weighted by Crippen LogP contribution is -2.31. The third kappa shape index (κ3) is 2.74. The van der Waals surface area contributed by atoms with Gasteiger partial charge in [-0.3, -0.25) is 10.1 Å². The molecule has 3 N–H and O–H groups in total. The quantitative estimate of drug-likeness (QED) is 0.604. The molecule has 1 aliphatic rings. The van der Waals surface area contributed by atoms with Crippen LogP contribution in [0.25, 0.3) is 0 Å². The van der Waals surface area contributed by atoms with Crippen molar-refractivity contribution < 1.29 is 4.92 Å². The number of nitrogens with zero attached hydrogens (tertiary/aromatic N) is 1. The maximum absolute atomic E-state index is 10.9. The monoisotopic (exact) mass is 235 g/mol. The third-order valence-electron chi connectivity index (χ3n) is 3.13. The summed E-state index contributed by atoms with van der Waals surface area (Å²) in [7, 11) is 0. The molecule has 0 saturated heterocycles. The standard InChI is InChI=1S/C12H17N3O2/c1-8-2-5-12(15(16)17)10(6-8)14-11(7-13)9-3-4-9/h2,5-6,9,11,14H,3-4,7,13H2,1H3. The van der Waals surface area contributed by atoms with Crippen LogP contribution in [0.4, 0.5) is 11.4 Å². The van der Waals surface area contributed by atoms with Gasteiger partial charge in [0.05, 0.1) is 4.92 Å². The van der Waals surface area contributed by atoms with Gasteiger partial charge in [-0.15, -0.1) is 0 Å². The molecule has 1 aliphatic carbocycles. The van der Waals surface area contributed by atoms with Crippen molar-refractivity contribution in [2.24, 2.45) is 11.7 Å². The minimum Gasteiger partial charge on any atom is -0.375 e. The molecule has 0 heterocycles. The second-order valence-electron chi connectivity index (χ2n) is 4.60. The fourth-order valence-electron chi connectivity index (χ4n) is 1.99. The molecular formula is C12H17N3O2. The minimum absolute atomic E-state index is 0.120. The van der Waals surface area contributed by atoms with Gasteiger partial charge in [-0.1, -0.05) is 6.07 Å². The Balaban J connectivity index is 2.22. The number of aryl methyl sites for hydroxylation is 1. The van der Waals surface area contributed by atoms with E-state index >= 15 is 0 Å². The van der Waals surface area contributed by atoms with Gasteiger partial charge in [-0.25, -0.2) is 0 Å². The van der Waals surface area contributed by atoms with Gasteiger partial charge in [0.25, 0.3) is 5.69 Å². The number of nitrogens with two attached hydrogens (primary N) is 1. The van der Waals surface area contributed by atoms with Crippen LogP contribution in [0.1, 0.15) is 18.4 Å². The van der Waals surface area contributed by atoms with Gasteiger partial charge in [0.15, 0.2) is 0 Å². The molecule has 0 radical (unpaired) electrons. The SMILES string of the molecule is Cc1ccc([N+](=O)[O-])c(NC(CN)C2CC2)c1. The first-order valence-corrected chi connectivity index (χ1v) is 5.83. The third-order valence-corrected chi connectivity index (χ3v) is 3.13. The van der Waals surface area contributed by atoms with E-state index in [2.05, 4.69) is 5.32 Å². The van der Waals surface area contributed by atoms with Gasteiger partial charge in [-0.05, 0) is 37.3 Å². The van der Waals surface area contributed by atoms with Crippen molar-refractivity contribution in [3.63, 3.8) is 0 Å². The first-order valence-electron chi connectivity index (χ1n) is 5.83. The number of anilines is 1. The number of hydrogen-bond donors (Lipinski definition) is 2. The van der Waals surface area contributed by atoms with Crippen molar-refractivity contribution in [2.75, 3.05) is 11.9 Å². The number of nitrogens with one attached hydrogen (secondary N) is 1. The molecular weight excluding hydrogens is 218 g/mol. The van der Waals surface area contributed by atoms with Crippen molar-refractivity contribution in [2.45, 2.75) is 25.8 Å². The van der Waals surface area contributed by atoms with Gasteiger partial charge in [0.1, 0.15) is 5.69 Å². The zero-order valence-electron chi connectivity index (χ0n) is 9.85. The van der Waals surface area contributed by atoms with Crippen molar-refractivity contribution in [1.29, 1.82) is 0 Å². The van der Waals surface area contributed by atoms with Crippen molar-refractivity contribution in [3.05, 3.63) is 33.9 Å². The van der Waals surface area contributed by atoms with Crippen LogP contribution in [-0.2, 0) is 0 Å². The molecule has 5 nitrogen and oxygen atoms in total. The van der Waals surface area contributed by atoms with E-state index in [1.807, 2.05) is 13.0 Å². The summed E-state index contributed by atoms with van der Waals surface area (Å²) in [5.74, 6) is 0.570. The lowest BCUT2D eigenvalue weighted by molar-refractivity contribution is -0.384. The van der Waals surface area contributed by atoms with Gasteiger partial charge >= 0.3 is 0 Å². The summed E-state index contributed by atoms with van der Waals surface area (Å²) in [6.45, 7) is 2.43. The molecule has 1 aromatic rings. The highest BCUT2D eigenvalue weighted by molar-refractivity contribution is 5.63. The van der Waals surface area contributed by atoms with Crippen molar-refractivity contribution >= 4 is 11.4 Å². The number of hydrogen-bond acceptors (Lipinski definition) is 4. The fraction of sp³-hybridized carbons (Fsp3) is 0.500. The largest absolute Gasteiger partial charge is 0.375 e. The van der Waals surface area contributed by atoms with E-state index in [1.54, 1.807) is 6.07 Å². The minimum atomic E-state index is -0.359. The van der Waals surface area contributed by atoms with Gasteiger partial charge < -0.3 is 11.1 Å². The van der Waals surface area contributed by atoms with Crippen LogP contribution in [0.15, 0.2) is 18.2 Å². The Kier molecular flexibility index (Phi) is 3.28. The van der Waals surface area contributed by atoms with Crippen molar-refractivity contribution in [3.8, 4) is 0 Å². The molecule has 1 aromatic carbocycles. The Morgan fingerprint density at radius 1 is 1.59 bits per heavy atom. The average Bonchev–Trinajstić information content (AvgIpc) is 3.09. The van der Waals surface area contributed by atoms with E-state index in [-0.39, 0.29) is 16.7 Å². The predicted molar refractivity (Wildman–Crippen MR) is 67.0 cm³/mol. The second kappa shape index (κ2) is 4.71. The molecule has 17 heavy (non-hydrogen) atoms. The highest BCUT2D eigenvalue weighted by Crippen LogP contribution is 2.35. The molecule has 0 aromatic heterocycles. The second-order valence-corrected chi connectivity index (χ2v) is 4.60. The predicted octanol–water partition coefficient (Wildman–Crippen LogP) is 2.05. The molecule has 1 atom stereocenters. The Labute approximate surface area is 100 Å². The summed E-state index contributed by atoms with van der Waals surface area (Å²) in [6.07, 6.45) is 2.32. The lowest BCUT2D eigenvalue weighted by atomic mass is 10.1. The maximum atomic E-state index is 10.9. The Bertz CT molecular complexity index is 430. The average molecular weight is 235 g/mol. The number of nitro benzene ring substituents is 1. The summed E-state index contributed by atoms with van der Waals surface area (Å²) in [5, 5.41) is 14.1. The molecule has 0 amide bonds. The molecule has 1 saturated carbocycles. The highest BCUT2D eigenvalue weighted by atomic mass is 16.6. The smallest absolute Gasteiger partial charge is 0.292 e. The summed E-state index contributed by atoms with van der Waals surface area (Å²) < 4.78 is 0. The number of nitro groups is 1. The van der Waals surface area contributed by atoms with Gasteiger partial charge in [0, 0.05) is 18.7 Å². The number of rotatable bonds is 5. The Morgan fingerprint density at radius 3 is 2.82 bits per heavy atom. The highest BCUT2D eigenvalue weighted by Gasteiger charge is 2.31. The Morgan fingerprint density at radius 2 is 2.29 bits per heavy atom. The van der Waals surface area contributed by atoms with E-state index in [0.29, 0.717) is 18.2 Å². The zero-order valence-corrected chi connectivity index (χ0v) is 9.85. The van der Waals surface area contributed by atoms with Crippen LogP contribution >= 0.6 is 0 Å². The molecule has 1 fully saturated rings. The van der Waals surface area contributed by atoms with Crippen LogP contribution in [0.3, 0.4) is 0 Å². The Hall–Kier alpha value is -1.62. The summed E-state index contributed by atoms with van der Waals surface area (Å²) in [5.41, 5.74) is 7.40. The topological polar surface area (TPSA) is 81.2 Å².